The molecule has 0 aliphatic carbocycles. The second-order valence-electron chi connectivity index (χ2n) is 5.98. The molecule has 3 amide bonds. The van der Waals surface area contributed by atoms with Gasteiger partial charge in [0, 0.05) is 5.56 Å². The van der Waals surface area contributed by atoms with Crippen LogP contribution < -0.4 is 10.1 Å². The van der Waals surface area contributed by atoms with Gasteiger partial charge in [0.2, 0.25) is 0 Å². The minimum Gasteiger partial charge on any atom is -0.497 e. The van der Waals surface area contributed by atoms with Crippen molar-refractivity contribution in [1.29, 1.82) is 0 Å². The number of hydrogen-bond donors (Lipinski definition) is 1. The number of hydrogen-bond acceptors (Lipinski definition) is 5. The van der Waals surface area contributed by atoms with E-state index < -0.39 is 11.6 Å². The number of benzene rings is 1. The first-order valence-electron chi connectivity index (χ1n) is 7.57. The van der Waals surface area contributed by atoms with Gasteiger partial charge in [-0.15, -0.1) is 0 Å². The van der Waals surface area contributed by atoms with Crippen LogP contribution in [0, 0.1) is 13.8 Å². The first-order chi connectivity index (χ1) is 11.4. The number of carbonyl (C=O) groups is 2. The van der Waals surface area contributed by atoms with Crippen LogP contribution in [0.3, 0.4) is 0 Å². The Balaban J connectivity index is 1.90. The SMILES string of the molecule is COc1ccc([C@@]2(C)NC(=O)N(Cc3c(C)noc3C)C2=O)cc1. The average Bonchev–Trinajstić information content (AvgIpc) is 3.00. The van der Waals surface area contributed by atoms with Crippen LogP contribution in [0.4, 0.5) is 4.79 Å². The van der Waals surface area contributed by atoms with Crippen LogP contribution in [0.2, 0.25) is 0 Å². The molecule has 1 N–H and O–H groups in total. The molecule has 3 rings (SSSR count). The molecule has 24 heavy (non-hydrogen) atoms. The Labute approximate surface area is 139 Å². The smallest absolute Gasteiger partial charge is 0.325 e. The number of methoxy groups -OCH3 is 1. The van der Waals surface area contributed by atoms with Gasteiger partial charge in [0.25, 0.3) is 5.91 Å². The highest BCUT2D eigenvalue weighted by molar-refractivity contribution is 6.07. The Hall–Kier alpha value is -2.83. The second-order valence-corrected chi connectivity index (χ2v) is 5.98. The lowest BCUT2D eigenvalue weighted by Gasteiger charge is -2.22. The Morgan fingerprint density at radius 2 is 1.92 bits per heavy atom. The lowest BCUT2D eigenvalue weighted by atomic mass is 9.92. The van der Waals surface area contributed by atoms with Gasteiger partial charge in [-0.25, -0.2) is 4.79 Å². The Kier molecular flexibility index (Phi) is 3.79. The third-order valence-electron chi connectivity index (χ3n) is 4.44. The molecule has 1 atom stereocenters. The molecule has 7 heteroatoms. The summed E-state index contributed by atoms with van der Waals surface area (Å²) in [6.45, 7) is 5.38. The number of imide groups is 1. The van der Waals surface area contributed by atoms with E-state index in [2.05, 4.69) is 10.5 Å². The van der Waals surface area contributed by atoms with E-state index in [-0.39, 0.29) is 12.5 Å². The molecular weight excluding hydrogens is 310 g/mol. The van der Waals surface area contributed by atoms with Crippen LogP contribution in [0.25, 0.3) is 0 Å². The second kappa shape index (κ2) is 5.67. The molecule has 0 unspecified atom stereocenters. The van der Waals surface area contributed by atoms with Crippen molar-refractivity contribution in [3.05, 3.63) is 46.8 Å². The van der Waals surface area contributed by atoms with Crippen LogP contribution in [0.15, 0.2) is 28.8 Å². The monoisotopic (exact) mass is 329 g/mol. The number of amides is 3. The van der Waals surface area contributed by atoms with Gasteiger partial charge < -0.3 is 14.6 Å². The van der Waals surface area contributed by atoms with E-state index in [4.69, 9.17) is 9.26 Å². The van der Waals surface area contributed by atoms with E-state index in [9.17, 15) is 9.59 Å². The highest BCUT2D eigenvalue weighted by atomic mass is 16.5. The summed E-state index contributed by atoms with van der Waals surface area (Å²) in [6.07, 6.45) is 0. The molecule has 1 aromatic carbocycles. The maximum Gasteiger partial charge on any atom is 0.325 e. The molecule has 0 bridgehead atoms. The fourth-order valence-electron chi connectivity index (χ4n) is 2.85. The largest absolute Gasteiger partial charge is 0.497 e. The highest BCUT2D eigenvalue weighted by Gasteiger charge is 2.49. The molecule has 1 aromatic heterocycles. The Bertz CT molecular complexity index is 777. The van der Waals surface area contributed by atoms with E-state index in [1.54, 1.807) is 52.1 Å². The van der Waals surface area contributed by atoms with Gasteiger partial charge >= 0.3 is 6.03 Å². The fourth-order valence-corrected chi connectivity index (χ4v) is 2.85. The number of aryl methyl sites for hydroxylation is 2. The van der Waals surface area contributed by atoms with Gasteiger partial charge in [-0.05, 0) is 38.5 Å². The van der Waals surface area contributed by atoms with E-state index in [0.717, 1.165) is 5.56 Å². The third-order valence-corrected chi connectivity index (χ3v) is 4.44. The van der Waals surface area contributed by atoms with Gasteiger partial charge in [-0.2, -0.15) is 0 Å². The summed E-state index contributed by atoms with van der Waals surface area (Å²) in [5, 5.41) is 6.64. The molecule has 0 spiro atoms. The summed E-state index contributed by atoms with van der Waals surface area (Å²) in [4.78, 5) is 26.5. The zero-order valence-electron chi connectivity index (χ0n) is 14.0. The lowest BCUT2D eigenvalue weighted by molar-refractivity contribution is -0.131. The van der Waals surface area contributed by atoms with Crippen molar-refractivity contribution >= 4 is 11.9 Å². The van der Waals surface area contributed by atoms with Gasteiger partial charge in [0.15, 0.2) is 0 Å². The summed E-state index contributed by atoms with van der Waals surface area (Å²) in [5.74, 6) is 0.982. The molecular formula is C17H19N3O4. The fraction of sp³-hybridized carbons (Fsp3) is 0.353. The zero-order valence-corrected chi connectivity index (χ0v) is 14.0. The maximum absolute atomic E-state index is 12.9. The molecule has 1 fully saturated rings. The predicted octanol–water partition coefficient (Wildman–Crippen LogP) is 2.27. The summed E-state index contributed by atoms with van der Waals surface area (Å²) >= 11 is 0. The molecule has 7 nitrogen and oxygen atoms in total. The first-order valence-corrected chi connectivity index (χ1v) is 7.57. The van der Waals surface area contributed by atoms with E-state index in [1.807, 2.05) is 0 Å². The molecule has 2 aromatic rings. The number of nitrogens with zero attached hydrogens (tertiary/aromatic N) is 2. The molecule has 2 heterocycles. The lowest BCUT2D eigenvalue weighted by Crippen LogP contribution is -2.40. The van der Waals surface area contributed by atoms with Crippen molar-refractivity contribution in [2.75, 3.05) is 7.11 Å². The van der Waals surface area contributed by atoms with Crippen LogP contribution in [-0.4, -0.2) is 29.1 Å². The van der Waals surface area contributed by atoms with Crippen molar-refractivity contribution < 1.29 is 18.8 Å². The highest BCUT2D eigenvalue weighted by Crippen LogP contribution is 2.31. The van der Waals surface area contributed by atoms with Crippen LogP contribution >= 0.6 is 0 Å². The number of urea groups is 1. The number of aromatic nitrogens is 1. The normalized spacial score (nSPS) is 20.4. The quantitative estimate of drug-likeness (QED) is 0.870. The molecule has 1 aliphatic heterocycles. The van der Waals surface area contributed by atoms with Crippen molar-refractivity contribution in [2.24, 2.45) is 0 Å². The number of ether oxygens (including phenoxy) is 1. The average molecular weight is 329 g/mol. The third kappa shape index (κ3) is 2.42. The summed E-state index contributed by atoms with van der Waals surface area (Å²) in [5.41, 5.74) is 1.01. The zero-order chi connectivity index (χ0) is 17.5. The molecule has 0 radical (unpaired) electrons. The number of carbonyl (C=O) groups excluding carboxylic acids is 2. The van der Waals surface area contributed by atoms with Crippen LogP contribution in [-0.2, 0) is 16.9 Å². The molecule has 1 aliphatic rings. The van der Waals surface area contributed by atoms with Gasteiger partial charge in [-0.1, -0.05) is 17.3 Å². The van der Waals surface area contributed by atoms with Crippen molar-refractivity contribution in [2.45, 2.75) is 32.9 Å². The van der Waals surface area contributed by atoms with E-state index in [1.165, 1.54) is 4.90 Å². The van der Waals surface area contributed by atoms with Crippen LogP contribution in [0.5, 0.6) is 5.75 Å². The topological polar surface area (TPSA) is 84.7 Å². The van der Waals surface area contributed by atoms with Crippen LogP contribution in [0.1, 0.15) is 29.5 Å². The van der Waals surface area contributed by atoms with Gasteiger partial charge in [-0.3, -0.25) is 9.69 Å². The summed E-state index contributed by atoms with van der Waals surface area (Å²) in [7, 11) is 1.57. The van der Waals surface area contributed by atoms with Crippen molar-refractivity contribution in [3.63, 3.8) is 0 Å². The minimum absolute atomic E-state index is 0.136. The maximum atomic E-state index is 12.9. The first kappa shape index (κ1) is 16.0. The summed E-state index contributed by atoms with van der Waals surface area (Å²) in [6, 6.07) is 6.64. The minimum atomic E-state index is -1.11. The number of rotatable bonds is 4. The van der Waals surface area contributed by atoms with Gasteiger partial charge in [0.1, 0.15) is 17.0 Å². The number of nitrogens with one attached hydrogen (secondary N) is 1. The van der Waals surface area contributed by atoms with Crippen molar-refractivity contribution in [3.8, 4) is 5.75 Å². The van der Waals surface area contributed by atoms with Crippen molar-refractivity contribution in [1.82, 2.24) is 15.4 Å². The van der Waals surface area contributed by atoms with Gasteiger partial charge in [0.05, 0.1) is 19.3 Å². The predicted molar refractivity (Wildman–Crippen MR) is 85.4 cm³/mol. The Morgan fingerprint density at radius 3 is 2.46 bits per heavy atom. The van der Waals surface area contributed by atoms with E-state index in [0.29, 0.717) is 22.8 Å². The summed E-state index contributed by atoms with van der Waals surface area (Å²) < 4.78 is 10.2. The van der Waals surface area contributed by atoms with E-state index >= 15 is 0 Å². The molecule has 1 saturated heterocycles. The molecule has 0 saturated carbocycles. The molecule has 126 valence electrons. The standard InChI is InChI=1S/C17H19N3O4/c1-10-14(11(2)24-19-10)9-20-15(21)17(3,18-16(20)22)12-5-7-13(23-4)8-6-12/h5-8H,9H2,1-4H3,(H,18,22)/t17-/m1/s1. The Morgan fingerprint density at radius 1 is 1.25 bits per heavy atom.